The van der Waals surface area contributed by atoms with Gasteiger partial charge in [0.15, 0.2) is 0 Å². The molecule has 0 N–H and O–H groups in total. The lowest BCUT2D eigenvalue weighted by molar-refractivity contribution is -0.128. The van der Waals surface area contributed by atoms with Crippen molar-refractivity contribution in [1.29, 1.82) is 0 Å². The van der Waals surface area contributed by atoms with Crippen molar-refractivity contribution >= 4 is 21.8 Å². The Hall–Kier alpha value is -0.900. The summed E-state index contributed by atoms with van der Waals surface area (Å²) in [4.78, 5) is 13.8. The van der Waals surface area contributed by atoms with Crippen LogP contribution in [0.5, 0.6) is 0 Å². The highest BCUT2D eigenvalue weighted by molar-refractivity contribution is 9.10. The van der Waals surface area contributed by atoms with Crippen LogP contribution in [-0.2, 0) is 11.3 Å². The van der Waals surface area contributed by atoms with Gasteiger partial charge < -0.3 is 4.90 Å². The van der Waals surface area contributed by atoms with Crippen molar-refractivity contribution in [3.8, 4) is 0 Å². The van der Waals surface area contributed by atoms with Crippen molar-refractivity contribution in [3.05, 3.63) is 34.1 Å². The zero-order valence-corrected chi connectivity index (χ0v) is 12.2. The first-order valence-corrected chi connectivity index (χ1v) is 6.98. The molecule has 1 amide bonds. The molecule has 1 atom stereocenters. The molecular formula is C14H17BrFNO. The molecule has 1 aliphatic heterocycles. The summed E-state index contributed by atoms with van der Waals surface area (Å²) < 4.78 is 13.7. The number of carbonyl (C=O) groups is 1. The second-order valence-corrected chi connectivity index (χ2v) is 6.07. The van der Waals surface area contributed by atoms with Crippen LogP contribution in [0.2, 0.25) is 0 Å². The van der Waals surface area contributed by atoms with Gasteiger partial charge in [-0.3, -0.25) is 4.79 Å². The lowest BCUT2D eigenvalue weighted by atomic mass is 9.95. The maximum atomic E-state index is 13.0. The quantitative estimate of drug-likeness (QED) is 0.835. The average molecular weight is 314 g/mol. The Labute approximate surface area is 115 Å². The fraction of sp³-hybridized carbons (Fsp3) is 0.500. The Morgan fingerprint density at radius 1 is 1.50 bits per heavy atom. The number of nitrogens with zero attached hydrogens (tertiary/aromatic N) is 1. The minimum absolute atomic E-state index is 0.199. The van der Waals surface area contributed by atoms with Crippen LogP contribution >= 0.6 is 15.9 Å². The normalized spacial score (nSPS) is 19.9. The number of carbonyl (C=O) groups excluding carboxylic acids is 1. The van der Waals surface area contributed by atoms with Crippen LogP contribution in [0.4, 0.5) is 4.39 Å². The molecule has 1 aliphatic rings. The van der Waals surface area contributed by atoms with E-state index in [0.717, 1.165) is 16.6 Å². The minimum atomic E-state index is -0.265. The van der Waals surface area contributed by atoms with Gasteiger partial charge in [-0.2, -0.15) is 0 Å². The van der Waals surface area contributed by atoms with Crippen molar-refractivity contribution in [1.82, 2.24) is 4.90 Å². The van der Waals surface area contributed by atoms with Crippen LogP contribution in [0.3, 0.4) is 0 Å². The second-order valence-electron chi connectivity index (χ2n) is 5.22. The molecule has 18 heavy (non-hydrogen) atoms. The molecule has 1 fully saturated rings. The van der Waals surface area contributed by atoms with E-state index in [1.54, 1.807) is 6.07 Å². The van der Waals surface area contributed by atoms with Crippen molar-refractivity contribution in [2.75, 3.05) is 6.54 Å². The van der Waals surface area contributed by atoms with Gasteiger partial charge in [-0.15, -0.1) is 0 Å². The zero-order chi connectivity index (χ0) is 13.3. The first-order valence-electron chi connectivity index (χ1n) is 6.19. The SMILES string of the molecule is CC(C)C1CC(=O)N(Cc2ccc(F)cc2Br)C1. The maximum absolute atomic E-state index is 13.0. The monoisotopic (exact) mass is 313 g/mol. The molecule has 4 heteroatoms. The largest absolute Gasteiger partial charge is 0.338 e. The van der Waals surface area contributed by atoms with Gasteiger partial charge in [-0.1, -0.05) is 35.8 Å². The smallest absolute Gasteiger partial charge is 0.223 e. The third-order valence-corrected chi connectivity index (χ3v) is 4.30. The number of amides is 1. The predicted octanol–water partition coefficient (Wildman–Crippen LogP) is 3.59. The predicted molar refractivity (Wildman–Crippen MR) is 72.5 cm³/mol. The third-order valence-electron chi connectivity index (χ3n) is 3.56. The van der Waals surface area contributed by atoms with Crippen LogP contribution in [0.1, 0.15) is 25.8 Å². The summed E-state index contributed by atoms with van der Waals surface area (Å²) in [7, 11) is 0. The van der Waals surface area contributed by atoms with Gasteiger partial charge in [0.2, 0.25) is 5.91 Å². The van der Waals surface area contributed by atoms with Crippen molar-refractivity contribution in [3.63, 3.8) is 0 Å². The molecule has 0 saturated carbocycles. The van der Waals surface area contributed by atoms with E-state index in [0.29, 0.717) is 24.8 Å². The van der Waals surface area contributed by atoms with Crippen LogP contribution in [-0.4, -0.2) is 17.4 Å². The van der Waals surface area contributed by atoms with Crippen LogP contribution in [0.25, 0.3) is 0 Å². The third kappa shape index (κ3) is 2.91. The summed E-state index contributed by atoms with van der Waals surface area (Å²) in [5.74, 6) is 0.899. The molecule has 1 unspecified atom stereocenters. The summed E-state index contributed by atoms with van der Waals surface area (Å²) in [6, 6.07) is 4.60. The van der Waals surface area contributed by atoms with Crippen LogP contribution < -0.4 is 0 Å². The highest BCUT2D eigenvalue weighted by Crippen LogP contribution is 2.28. The Kier molecular flexibility index (Phi) is 4.05. The molecule has 98 valence electrons. The maximum Gasteiger partial charge on any atom is 0.223 e. The Bertz CT molecular complexity index is 461. The molecular weight excluding hydrogens is 297 g/mol. The number of rotatable bonds is 3. The van der Waals surface area contributed by atoms with E-state index in [4.69, 9.17) is 0 Å². The van der Waals surface area contributed by atoms with E-state index < -0.39 is 0 Å². The summed E-state index contributed by atoms with van der Waals surface area (Å²) in [6.45, 7) is 5.66. The molecule has 2 nitrogen and oxygen atoms in total. The molecule has 1 heterocycles. The zero-order valence-electron chi connectivity index (χ0n) is 10.6. The Morgan fingerprint density at radius 2 is 2.22 bits per heavy atom. The molecule has 0 aromatic heterocycles. The second kappa shape index (κ2) is 5.39. The van der Waals surface area contributed by atoms with Crippen LogP contribution in [0, 0.1) is 17.7 Å². The molecule has 0 aliphatic carbocycles. The molecule has 0 spiro atoms. The summed E-state index contributed by atoms with van der Waals surface area (Å²) in [5, 5.41) is 0. The van der Waals surface area contributed by atoms with Crippen molar-refractivity contribution in [2.45, 2.75) is 26.8 Å². The van der Waals surface area contributed by atoms with E-state index >= 15 is 0 Å². The van der Waals surface area contributed by atoms with E-state index in [1.165, 1.54) is 12.1 Å². The van der Waals surface area contributed by atoms with E-state index in [9.17, 15) is 9.18 Å². The minimum Gasteiger partial charge on any atom is -0.338 e. The Balaban J connectivity index is 2.08. The molecule has 0 bridgehead atoms. The van der Waals surface area contributed by atoms with Gasteiger partial charge in [0, 0.05) is 24.0 Å². The van der Waals surface area contributed by atoms with E-state index in [-0.39, 0.29) is 11.7 Å². The first kappa shape index (κ1) is 13.5. The lowest BCUT2D eigenvalue weighted by Crippen LogP contribution is -2.25. The first-order chi connectivity index (χ1) is 8.47. The molecule has 0 radical (unpaired) electrons. The van der Waals surface area contributed by atoms with E-state index in [1.807, 2.05) is 4.90 Å². The standard InChI is InChI=1S/C14H17BrFNO/c1-9(2)11-5-14(18)17(8-11)7-10-3-4-12(16)6-13(10)15/h3-4,6,9,11H,5,7-8H2,1-2H3. The lowest BCUT2D eigenvalue weighted by Gasteiger charge is -2.19. The van der Waals surface area contributed by atoms with Gasteiger partial charge in [0.25, 0.3) is 0 Å². The van der Waals surface area contributed by atoms with Gasteiger partial charge in [-0.05, 0) is 29.5 Å². The van der Waals surface area contributed by atoms with Gasteiger partial charge in [0.1, 0.15) is 5.82 Å². The molecule has 2 rings (SSSR count). The van der Waals surface area contributed by atoms with Gasteiger partial charge in [0.05, 0.1) is 0 Å². The highest BCUT2D eigenvalue weighted by atomic mass is 79.9. The van der Waals surface area contributed by atoms with Gasteiger partial charge in [-0.25, -0.2) is 4.39 Å². The number of hydrogen-bond donors (Lipinski definition) is 0. The summed E-state index contributed by atoms with van der Waals surface area (Å²) in [6.07, 6.45) is 0.635. The molecule has 1 saturated heterocycles. The fourth-order valence-electron chi connectivity index (χ4n) is 2.26. The fourth-order valence-corrected chi connectivity index (χ4v) is 2.73. The molecule has 1 aromatic rings. The van der Waals surface area contributed by atoms with Crippen molar-refractivity contribution < 1.29 is 9.18 Å². The topological polar surface area (TPSA) is 20.3 Å². The number of benzene rings is 1. The Morgan fingerprint density at radius 3 is 2.78 bits per heavy atom. The number of likely N-dealkylation sites (tertiary alicyclic amines) is 1. The summed E-state index contributed by atoms with van der Waals surface area (Å²) >= 11 is 3.34. The van der Waals surface area contributed by atoms with Crippen molar-refractivity contribution in [2.24, 2.45) is 11.8 Å². The van der Waals surface area contributed by atoms with Crippen LogP contribution in [0.15, 0.2) is 22.7 Å². The highest BCUT2D eigenvalue weighted by Gasteiger charge is 2.31. The molecule has 1 aromatic carbocycles. The van der Waals surface area contributed by atoms with Gasteiger partial charge >= 0.3 is 0 Å². The number of halogens is 2. The number of hydrogen-bond acceptors (Lipinski definition) is 1. The average Bonchev–Trinajstić information content (AvgIpc) is 2.64. The van der Waals surface area contributed by atoms with E-state index in [2.05, 4.69) is 29.8 Å². The summed E-state index contributed by atoms with van der Waals surface area (Å²) in [5.41, 5.74) is 0.953.